The van der Waals surface area contributed by atoms with Crippen molar-refractivity contribution in [3.05, 3.63) is 29.8 Å². The van der Waals surface area contributed by atoms with Crippen molar-refractivity contribution < 1.29 is 13.9 Å². The van der Waals surface area contributed by atoms with Crippen molar-refractivity contribution in [1.29, 1.82) is 0 Å². The Bertz CT molecular complexity index is 336. The van der Waals surface area contributed by atoms with Crippen LogP contribution < -0.4 is 5.32 Å². The number of aliphatic hydroxyl groups is 1. The van der Waals surface area contributed by atoms with Gasteiger partial charge in [0, 0.05) is 16.7 Å². The minimum absolute atomic E-state index is 0.0161. The van der Waals surface area contributed by atoms with E-state index in [-0.39, 0.29) is 17.5 Å². The van der Waals surface area contributed by atoms with E-state index in [1.165, 1.54) is 17.8 Å². The van der Waals surface area contributed by atoms with Crippen molar-refractivity contribution in [2.45, 2.75) is 17.9 Å². The summed E-state index contributed by atoms with van der Waals surface area (Å²) in [5.41, 5.74) is 0. The predicted octanol–water partition coefficient (Wildman–Crippen LogP) is 2.03. The summed E-state index contributed by atoms with van der Waals surface area (Å²) >= 11 is 1.20. The van der Waals surface area contributed by atoms with E-state index in [4.69, 9.17) is 5.11 Å². The van der Waals surface area contributed by atoms with Crippen LogP contribution in [0.5, 0.6) is 0 Å². The van der Waals surface area contributed by atoms with Gasteiger partial charge in [0.05, 0.1) is 6.61 Å². The van der Waals surface area contributed by atoms with Crippen LogP contribution in [0.15, 0.2) is 23.1 Å². The minimum Gasteiger partial charge on any atom is -0.395 e. The maximum Gasteiger partial charge on any atom is 0.136 e. The van der Waals surface area contributed by atoms with Crippen molar-refractivity contribution in [2.75, 3.05) is 18.9 Å². The predicted molar refractivity (Wildman–Crippen MR) is 61.6 cm³/mol. The van der Waals surface area contributed by atoms with Crippen molar-refractivity contribution in [2.24, 2.45) is 0 Å². The van der Waals surface area contributed by atoms with Gasteiger partial charge in [-0.1, -0.05) is 6.92 Å². The summed E-state index contributed by atoms with van der Waals surface area (Å²) in [4.78, 5) is 0.274. The van der Waals surface area contributed by atoms with E-state index < -0.39 is 11.6 Å². The van der Waals surface area contributed by atoms with Gasteiger partial charge in [-0.05, 0) is 24.7 Å². The molecule has 0 fully saturated rings. The molecular weight excluding hydrogens is 232 g/mol. The molecule has 0 radical (unpaired) electrons. The first kappa shape index (κ1) is 13.4. The average Bonchev–Trinajstić information content (AvgIpc) is 2.28. The van der Waals surface area contributed by atoms with Gasteiger partial charge >= 0.3 is 0 Å². The Morgan fingerprint density at radius 2 is 2.19 bits per heavy atom. The molecule has 1 aromatic carbocycles. The normalized spacial score (nSPS) is 12.8. The maximum absolute atomic E-state index is 13.2. The molecule has 0 saturated heterocycles. The lowest BCUT2D eigenvalue weighted by molar-refractivity contribution is 0.255. The zero-order valence-corrected chi connectivity index (χ0v) is 9.86. The number of nitrogens with one attached hydrogen (secondary N) is 1. The van der Waals surface area contributed by atoms with Crippen LogP contribution >= 0.6 is 11.8 Å². The second-order valence-electron chi connectivity index (χ2n) is 3.32. The van der Waals surface area contributed by atoms with Gasteiger partial charge in [0.25, 0.3) is 0 Å². The fourth-order valence-electron chi connectivity index (χ4n) is 1.24. The van der Waals surface area contributed by atoms with Crippen LogP contribution in [-0.2, 0) is 0 Å². The summed E-state index contributed by atoms with van der Waals surface area (Å²) in [6.45, 7) is 2.64. The van der Waals surface area contributed by atoms with Gasteiger partial charge in [0.1, 0.15) is 11.6 Å². The Labute approximate surface area is 98.1 Å². The van der Waals surface area contributed by atoms with Crippen molar-refractivity contribution in [3.63, 3.8) is 0 Å². The lowest BCUT2D eigenvalue weighted by atomic mass is 10.3. The quantitative estimate of drug-likeness (QED) is 0.754. The number of hydrogen-bond donors (Lipinski definition) is 2. The van der Waals surface area contributed by atoms with Gasteiger partial charge in [0.15, 0.2) is 0 Å². The smallest absolute Gasteiger partial charge is 0.136 e. The molecule has 1 aromatic rings. The van der Waals surface area contributed by atoms with Gasteiger partial charge in [-0.3, -0.25) is 0 Å². The molecule has 2 N–H and O–H groups in total. The van der Waals surface area contributed by atoms with Gasteiger partial charge in [-0.2, -0.15) is 0 Å². The maximum atomic E-state index is 13.2. The number of halogens is 2. The molecule has 90 valence electrons. The van der Waals surface area contributed by atoms with Crippen LogP contribution in [0.25, 0.3) is 0 Å². The molecule has 0 aliphatic heterocycles. The zero-order chi connectivity index (χ0) is 12.0. The molecule has 2 nitrogen and oxygen atoms in total. The molecule has 16 heavy (non-hydrogen) atoms. The first-order valence-corrected chi connectivity index (χ1v) is 6.08. The third-order valence-electron chi connectivity index (χ3n) is 2.05. The summed E-state index contributed by atoms with van der Waals surface area (Å²) in [6, 6.07) is 3.27. The largest absolute Gasteiger partial charge is 0.395 e. The summed E-state index contributed by atoms with van der Waals surface area (Å²) < 4.78 is 26.1. The minimum atomic E-state index is -0.451. The lowest BCUT2D eigenvalue weighted by Gasteiger charge is -2.14. The van der Waals surface area contributed by atoms with E-state index >= 15 is 0 Å². The second-order valence-corrected chi connectivity index (χ2v) is 4.38. The number of aliphatic hydroxyl groups excluding tert-OH is 1. The second kappa shape index (κ2) is 6.83. The monoisotopic (exact) mass is 247 g/mol. The molecule has 1 atom stereocenters. The van der Waals surface area contributed by atoms with Crippen LogP contribution in [-0.4, -0.2) is 30.1 Å². The van der Waals surface area contributed by atoms with Gasteiger partial charge in [-0.25, -0.2) is 8.78 Å². The van der Waals surface area contributed by atoms with E-state index in [0.29, 0.717) is 5.75 Å². The fraction of sp³-hybridized carbons (Fsp3) is 0.455. The zero-order valence-electron chi connectivity index (χ0n) is 9.04. The lowest BCUT2D eigenvalue weighted by Crippen LogP contribution is -2.34. The summed E-state index contributed by atoms with van der Waals surface area (Å²) in [7, 11) is 0. The Morgan fingerprint density at radius 3 is 2.81 bits per heavy atom. The van der Waals surface area contributed by atoms with Crippen molar-refractivity contribution in [3.8, 4) is 0 Å². The van der Waals surface area contributed by atoms with Gasteiger partial charge in [0.2, 0.25) is 0 Å². The summed E-state index contributed by atoms with van der Waals surface area (Å²) in [5, 5.41) is 12.1. The fourth-order valence-corrected chi connectivity index (χ4v) is 2.25. The van der Waals surface area contributed by atoms with Crippen molar-refractivity contribution in [1.82, 2.24) is 5.32 Å². The highest BCUT2D eigenvalue weighted by molar-refractivity contribution is 7.99. The third kappa shape index (κ3) is 4.08. The molecule has 0 bridgehead atoms. The topological polar surface area (TPSA) is 32.3 Å². The Kier molecular flexibility index (Phi) is 5.73. The number of thioether (sulfide) groups is 1. The Morgan fingerprint density at radius 1 is 1.44 bits per heavy atom. The highest BCUT2D eigenvalue weighted by Crippen LogP contribution is 2.23. The number of benzene rings is 1. The molecule has 0 saturated carbocycles. The molecule has 0 amide bonds. The van der Waals surface area contributed by atoms with Gasteiger partial charge in [-0.15, -0.1) is 11.8 Å². The van der Waals surface area contributed by atoms with E-state index in [0.717, 1.165) is 18.7 Å². The average molecular weight is 247 g/mol. The third-order valence-corrected chi connectivity index (χ3v) is 3.24. The Balaban J connectivity index is 2.55. The van der Waals surface area contributed by atoms with Crippen molar-refractivity contribution >= 4 is 11.8 Å². The molecule has 5 heteroatoms. The first-order chi connectivity index (χ1) is 7.67. The molecule has 0 aromatic heterocycles. The van der Waals surface area contributed by atoms with Crippen LogP contribution in [0.4, 0.5) is 8.78 Å². The van der Waals surface area contributed by atoms with Crippen LogP contribution in [0, 0.1) is 11.6 Å². The summed E-state index contributed by atoms with van der Waals surface area (Å²) in [5.74, 6) is -0.377. The van der Waals surface area contributed by atoms with Crippen LogP contribution in [0.2, 0.25) is 0 Å². The standard InChI is InChI=1S/C11H15F2NOS/c1-2-14-9(6-15)7-16-11-5-8(12)3-4-10(11)13/h3-5,9,14-15H,2,6-7H2,1H3. The molecule has 0 aliphatic rings. The molecule has 1 unspecified atom stereocenters. The van der Waals surface area contributed by atoms with Crippen LogP contribution in [0.3, 0.4) is 0 Å². The number of rotatable bonds is 6. The molecule has 1 rings (SSSR count). The van der Waals surface area contributed by atoms with E-state index in [2.05, 4.69) is 5.32 Å². The van der Waals surface area contributed by atoms with Gasteiger partial charge < -0.3 is 10.4 Å². The van der Waals surface area contributed by atoms with Crippen LogP contribution in [0.1, 0.15) is 6.92 Å². The van der Waals surface area contributed by atoms with E-state index in [1.54, 1.807) is 0 Å². The first-order valence-electron chi connectivity index (χ1n) is 5.09. The molecule has 0 heterocycles. The Hall–Kier alpha value is -0.650. The number of likely N-dealkylation sites (N-methyl/N-ethyl adjacent to an activating group) is 1. The molecular formula is C11H15F2NOS. The number of hydrogen-bond acceptors (Lipinski definition) is 3. The SMILES string of the molecule is CCNC(CO)CSc1cc(F)ccc1F. The molecule has 0 spiro atoms. The summed E-state index contributed by atoms with van der Waals surface area (Å²) in [6.07, 6.45) is 0. The highest BCUT2D eigenvalue weighted by atomic mass is 32.2. The van der Waals surface area contributed by atoms with E-state index in [9.17, 15) is 8.78 Å². The molecule has 0 aliphatic carbocycles. The van der Waals surface area contributed by atoms with E-state index in [1.807, 2.05) is 6.92 Å². The highest BCUT2D eigenvalue weighted by Gasteiger charge is 2.09.